The van der Waals surface area contributed by atoms with Crippen LogP contribution in [-0.2, 0) is 9.59 Å². The molecule has 178 valence electrons. The lowest BCUT2D eigenvalue weighted by Gasteiger charge is -2.34. The molecule has 1 aromatic heterocycles. The van der Waals surface area contributed by atoms with Crippen molar-refractivity contribution in [2.45, 2.75) is 64.5 Å². The van der Waals surface area contributed by atoms with Crippen molar-refractivity contribution in [3.63, 3.8) is 0 Å². The van der Waals surface area contributed by atoms with Crippen LogP contribution in [0.25, 0.3) is 11.1 Å². The number of rotatable bonds is 5. The second kappa shape index (κ2) is 9.76. The molecule has 2 atom stereocenters. The molecule has 0 spiro atoms. The first-order valence-corrected chi connectivity index (χ1v) is 11.8. The van der Waals surface area contributed by atoms with Gasteiger partial charge >= 0.3 is 0 Å². The molecule has 7 nitrogen and oxygen atoms in total. The molecule has 2 aromatic rings. The van der Waals surface area contributed by atoms with Gasteiger partial charge in [-0.3, -0.25) is 9.59 Å². The molecule has 0 bridgehead atoms. The number of ether oxygens (including phenoxy) is 1. The summed E-state index contributed by atoms with van der Waals surface area (Å²) in [5, 5.41) is 9.46. The SMILES string of the molecule is C#CCC(=O)N[C@@H]1CCC[C@H](C(=O)Nc2cc(-c3cccc4c3OCC(C)(C)N4)c(C)cn2)C1. The number of pyridine rings is 1. The molecule has 3 N–H and O–H groups in total. The van der Waals surface area contributed by atoms with Gasteiger partial charge in [-0.05, 0) is 63.3 Å². The first kappa shape index (κ1) is 23.6. The topological polar surface area (TPSA) is 92.4 Å². The summed E-state index contributed by atoms with van der Waals surface area (Å²) in [5.41, 5.74) is 3.73. The molecule has 1 saturated carbocycles. The van der Waals surface area contributed by atoms with Gasteiger partial charge in [0, 0.05) is 23.7 Å². The van der Waals surface area contributed by atoms with Gasteiger partial charge in [0.25, 0.3) is 0 Å². The maximum Gasteiger partial charge on any atom is 0.232 e. The van der Waals surface area contributed by atoms with Crippen LogP contribution in [-0.4, -0.2) is 35.0 Å². The molecule has 1 aromatic carbocycles. The summed E-state index contributed by atoms with van der Waals surface area (Å²) in [6.45, 7) is 6.76. The molecular weight excluding hydrogens is 428 g/mol. The zero-order valence-corrected chi connectivity index (χ0v) is 20.0. The van der Waals surface area contributed by atoms with Crippen molar-refractivity contribution < 1.29 is 14.3 Å². The van der Waals surface area contributed by atoms with Gasteiger partial charge in [0.2, 0.25) is 11.8 Å². The maximum atomic E-state index is 13.0. The quantitative estimate of drug-likeness (QED) is 0.580. The van der Waals surface area contributed by atoms with Crippen molar-refractivity contribution in [3.8, 4) is 29.2 Å². The van der Waals surface area contributed by atoms with Gasteiger partial charge < -0.3 is 20.7 Å². The number of terminal acetylenes is 1. The molecule has 1 aliphatic carbocycles. The van der Waals surface area contributed by atoms with Crippen molar-refractivity contribution in [2.75, 3.05) is 17.2 Å². The number of carbonyl (C=O) groups excluding carboxylic acids is 2. The smallest absolute Gasteiger partial charge is 0.232 e. The van der Waals surface area contributed by atoms with Crippen molar-refractivity contribution >= 4 is 23.3 Å². The highest BCUT2D eigenvalue weighted by Crippen LogP contribution is 2.42. The van der Waals surface area contributed by atoms with Gasteiger partial charge in [0.1, 0.15) is 18.2 Å². The zero-order valence-electron chi connectivity index (χ0n) is 20.0. The van der Waals surface area contributed by atoms with Crippen LogP contribution in [0, 0.1) is 25.2 Å². The number of aromatic nitrogens is 1. The van der Waals surface area contributed by atoms with Crippen LogP contribution in [0.4, 0.5) is 11.5 Å². The summed E-state index contributed by atoms with van der Waals surface area (Å²) in [6, 6.07) is 7.91. The molecule has 34 heavy (non-hydrogen) atoms. The number of nitrogens with one attached hydrogen (secondary N) is 3. The molecule has 7 heteroatoms. The Morgan fingerprint density at radius 3 is 2.91 bits per heavy atom. The van der Waals surface area contributed by atoms with Gasteiger partial charge in [-0.15, -0.1) is 6.42 Å². The number of benzene rings is 1. The molecule has 1 fully saturated rings. The van der Waals surface area contributed by atoms with E-state index in [0.29, 0.717) is 18.8 Å². The lowest BCUT2D eigenvalue weighted by atomic mass is 9.85. The molecule has 2 aliphatic rings. The van der Waals surface area contributed by atoms with Crippen molar-refractivity contribution in [1.29, 1.82) is 0 Å². The summed E-state index contributed by atoms with van der Waals surface area (Å²) in [5.74, 6) is 3.25. The number of amides is 2. The third-order valence-electron chi connectivity index (χ3n) is 6.38. The van der Waals surface area contributed by atoms with E-state index in [1.165, 1.54) is 0 Å². The van der Waals surface area contributed by atoms with E-state index < -0.39 is 0 Å². The van der Waals surface area contributed by atoms with E-state index in [1.807, 2.05) is 31.2 Å². The van der Waals surface area contributed by atoms with Gasteiger partial charge in [-0.25, -0.2) is 4.98 Å². The number of hydrogen-bond donors (Lipinski definition) is 3. The predicted octanol–water partition coefficient (Wildman–Crippen LogP) is 4.28. The normalized spacial score (nSPS) is 20.6. The monoisotopic (exact) mass is 460 g/mol. The molecule has 0 saturated heterocycles. The average molecular weight is 461 g/mol. The summed E-state index contributed by atoms with van der Waals surface area (Å²) < 4.78 is 6.14. The van der Waals surface area contributed by atoms with Gasteiger partial charge in [0.05, 0.1) is 17.6 Å². The van der Waals surface area contributed by atoms with Crippen LogP contribution in [0.15, 0.2) is 30.5 Å². The predicted molar refractivity (Wildman–Crippen MR) is 134 cm³/mol. The number of nitrogens with zero attached hydrogens (tertiary/aromatic N) is 1. The van der Waals surface area contributed by atoms with E-state index in [9.17, 15) is 9.59 Å². The van der Waals surface area contributed by atoms with E-state index in [4.69, 9.17) is 11.2 Å². The highest BCUT2D eigenvalue weighted by atomic mass is 16.5. The Morgan fingerprint density at radius 1 is 1.29 bits per heavy atom. The van der Waals surface area contributed by atoms with Crippen molar-refractivity contribution in [2.24, 2.45) is 5.92 Å². The number of anilines is 2. The Kier molecular flexibility index (Phi) is 6.78. The van der Waals surface area contributed by atoms with Crippen molar-refractivity contribution in [3.05, 3.63) is 36.0 Å². The molecule has 0 radical (unpaired) electrons. The van der Waals surface area contributed by atoms with Crippen LogP contribution < -0.4 is 20.7 Å². The highest BCUT2D eigenvalue weighted by molar-refractivity contribution is 5.93. The Labute approximate surface area is 201 Å². The minimum Gasteiger partial charge on any atom is -0.488 e. The Bertz CT molecular complexity index is 1140. The fourth-order valence-corrected chi connectivity index (χ4v) is 4.70. The number of aryl methyl sites for hydroxylation is 1. The third kappa shape index (κ3) is 5.33. The molecule has 4 rings (SSSR count). The first-order chi connectivity index (χ1) is 16.3. The number of hydrogen-bond acceptors (Lipinski definition) is 5. The van der Waals surface area contributed by atoms with Gasteiger partial charge in [-0.1, -0.05) is 24.5 Å². The van der Waals surface area contributed by atoms with Crippen LogP contribution in [0.5, 0.6) is 5.75 Å². The van der Waals surface area contributed by atoms with Crippen LogP contribution in [0.2, 0.25) is 0 Å². The van der Waals surface area contributed by atoms with Crippen LogP contribution in [0.3, 0.4) is 0 Å². The summed E-state index contributed by atoms with van der Waals surface area (Å²) in [4.78, 5) is 29.3. The third-order valence-corrected chi connectivity index (χ3v) is 6.38. The summed E-state index contributed by atoms with van der Waals surface area (Å²) in [6.07, 6.45) is 10.2. The van der Waals surface area contributed by atoms with Gasteiger partial charge in [-0.2, -0.15) is 0 Å². The first-order valence-electron chi connectivity index (χ1n) is 11.8. The number of carbonyl (C=O) groups is 2. The molecule has 2 heterocycles. The van der Waals surface area contributed by atoms with E-state index in [1.54, 1.807) is 6.20 Å². The van der Waals surface area contributed by atoms with Gasteiger partial charge in [0.15, 0.2) is 0 Å². The zero-order chi connectivity index (χ0) is 24.3. The maximum absolute atomic E-state index is 13.0. The van der Waals surface area contributed by atoms with E-state index >= 15 is 0 Å². The fourth-order valence-electron chi connectivity index (χ4n) is 4.70. The minimum absolute atomic E-state index is 0.0309. The van der Waals surface area contributed by atoms with Crippen LogP contribution >= 0.6 is 0 Å². The standard InChI is InChI=1S/C27H32N4O3/c1-5-8-24(32)29-19-10-6-9-18(13-19)26(33)30-23-14-21(17(2)15-28-23)20-11-7-12-22-25(20)34-16-27(3,4)31-22/h1,7,11-12,14-15,18-19,31H,6,8-10,13,16H2,2-4H3,(H,29,32)(H,28,30,33)/t18-,19+/m0/s1. The molecule has 2 amide bonds. The second-order valence-corrected chi connectivity index (χ2v) is 9.86. The Morgan fingerprint density at radius 2 is 2.12 bits per heavy atom. The highest BCUT2D eigenvalue weighted by Gasteiger charge is 2.29. The Balaban J connectivity index is 1.50. The molecule has 0 unspecified atom stereocenters. The van der Waals surface area contributed by atoms with E-state index in [0.717, 1.165) is 47.4 Å². The lowest BCUT2D eigenvalue weighted by Crippen LogP contribution is -2.41. The van der Waals surface area contributed by atoms with E-state index in [2.05, 4.69) is 40.7 Å². The lowest BCUT2D eigenvalue weighted by molar-refractivity contribution is -0.124. The summed E-state index contributed by atoms with van der Waals surface area (Å²) in [7, 11) is 0. The fraction of sp³-hybridized carbons (Fsp3) is 0.444. The average Bonchev–Trinajstić information content (AvgIpc) is 2.79. The summed E-state index contributed by atoms with van der Waals surface area (Å²) >= 11 is 0. The van der Waals surface area contributed by atoms with Crippen LogP contribution in [0.1, 0.15) is 51.5 Å². The minimum atomic E-state index is -0.185. The number of fused-ring (bicyclic) bond motifs is 1. The number of para-hydroxylation sites is 1. The molecular formula is C27H32N4O3. The second-order valence-electron chi connectivity index (χ2n) is 9.86. The van der Waals surface area contributed by atoms with Crippen molar-refractivity contribution in [1.82, 2.24) is 10.3 Å². The molecule has 1 aliphatic heterocycles. The largest absolute Gasteiger partial charge is 0.488 e. The van der Waals surface area contributed by atoms with E-state index in [-0.39, 0.29) is 35.7 Å². The Hall–Kier alpha value is -3.53.